The Labute approximate surface area is 185 Å². The van der Waals surface area contributed by atoms with E-state index in [1.54, 1.807) is 0 Å². The Balaban J connectivity index is 2.24. The molecule has 0 aromatic heterocycles. The standard InChI is InChI=1S/C25H47NO4/c1-4-5-6-7-8-9-10-11-12-16-19-29-24(27)23(22-17-14-13-15-18-22)26-25(28)30-20-21(2)3/h21-23H,4-20H2,1-3H3,(H,26,28). The molecule has 0 spiro atoms. The molecule has 1 rings (SSSR count). The van der Waals surface area contributed by atoms with Crippen LogP contribution >= 0.6 is 0 Å². The van der Waals surface area contributed by atoms with Crippen molar-refractivity contribution in [2.45, 2.75) is 123 Å². The number of carbonyl (C=O) groups excluding carboxylic acids is 2. The van der Waals surface area contributed by atoms with E-state index < -0.39 is 12.1 Å². The maximum atomic E-state index is 12.7. The van der Waals surface area contributed by atoms with Crippen molar-refractivity contribution in [3.63, 3.8) is 0 Å². The lowest BCUT2D eigenvalue weighted by molar-refractivity contribution is -0.148. The fraction of sp³-hybridized carbons (Fsp3) is 0.920. The van der Waals surface area contributed by atoms with Gasteiger partial charge in [-0.1, -0.05) is 97.8 Å². The number of ether oxygens (including phenoxy) is 2. The molecule has 0 bridgehead atoms. The number of rotatable bonds is 16. The zero-order valence-corrected chi connectivity index (χ0v) is 19.9. The summed E-state index contributed by atoms with van der Waals surface area (Å²) in [6.07, 6.45) is 17.4. The Kier molecular flexibility index (Phi) is 15.6. The summed E-state index contributed by atoms with van der Waals surface area (Å²) >= 11 is 0. The van der Waals surface area contributed by atoms with Crippen molar-refractivity contribution in [2.24, 2.45) is 11.8 Å². The van der Waals surface area contributed by atoms with E-state index in [4.69, 9.17) is 9.47 Å². The van der Waals surface area contributed by atoms with Gasteiger partial charge in [0.25, 0.3) is 0 Å². The minimum atomic E-state index is -0.576. The number of esters is 1. The first-order valence-corrected chi connectivity index (χ1v) is 12.6. The molecule has 0 radical (unpaired) electrons. The molecule has 5 heteroatoms. The Hall–Kier alpha value is -1.26. The largest absolute Gasteiger partial charge is 0.464 e. The van der Waals surface area contributed by atoms with E-state index in [2.05, 4.69) is 12.2 Å². The molecule has 1 saturated carbocycles. The van der Waals surface area contributed by atoms with Gasteiger partial charge in [-0.3, -0.25) is 0 Å². The van der Waals surface area contributed by atoms with Crippen LogP contribution in [0.5, 0.6) is 0 Å². The zero-order valence-electron chi connectivity index (χ0n) is 19.9. The summed E-state index contributed by atoms with van der Waals surface area (Å²) in [5, 5.41) is 2.80. The van der Waals surface area contributed by atoms with Crippen LogP contribution < -0.4 is 5.32 Å². The van der Waals surface area contributed by atoms with Gasteiger partial charge in [0, 0.05) is 0 Å². The second-order valence-corrected chi connectivity index (χ2v) is 9.36. The normalized spacial score (nSPS) is 15.7. The Bertz CT molecular complexity index is 446. The summed E-state index contributed by atoms with van der Waals surface area (Å²) in [5.74, 6) is 0.136. The van der Waals surface area contributed by atoms with Crippen LogP contribution in [0.4, 0.5) is 4.79 Å². The molecule has 1 N–H and O–H groups in total. The third kappa shape index (κ3) is 13.1. The highest BCUT2D eigenvalue weighted by atomic mass is 16.6. The number of amides is 1. The van der Waals surface area contributed by atoms with Crippen LogP contribution in [0.2, 0.25) is 0 Å². The first kappa shape index (κ1) is 26.8. The fourth-order valence-electron chi connectivity index (χ4n) is 4.10. The molecule has 0 heterocycles. The molecule has 0 aromatic rings. The van der Waals surface area contributed by atoms with Crippen LogP contribution in [0.15, 0.2) is 0 Å². The van der Waals surface area contributed by atoms with Crippen molar-refractivity contribution in [3.8, 4) is 0 Å². The van der Waals surface area contributed by atoms with E-state index in [1.807, 2.05) is 13.8 Å². The number of alkyl carbamates (subject to hydrolysis) is 1. The highest BCUT2D eigenvalue weighted by molar-refractivity contribution is 5.81. The molecule has 176 valence electrons. The third-order valence-corrected chi connectivity index (χ3v) is 5.94. The molecule has 0 saturated heterocycles. The molecule has 1 atom stereocenters. The van der Waals surface area contributed by atoms with E-state index in [0.29, 0.717) is 13.2 Å². The van der Waals surface area contributed by atoms with Crippen molar-refractivity contribution in [1.29, 1.82) is 0 Å². The van der Waals surface area contributed by atoms with E-state index >= 15 is 0 Å². The lowest BCUT2D eigenvalue weighted by atomic mass is 9.84. The topological polar surface area (TPSA) is 64.6 Å². The lowest BCUT2D eigenvalue weighted by Crippen LogP contribution is -2.47. The van der Waals surface area contributed by atoms with Crippen molar-refractivity contribution in [2.75, 3.05) is 13.2 Å². The fourth-order valence-corrected chi connectivity index (χ4v) is 4.10. The maximum Gasteiger partial charge on any atom is 0.407 e. The second-order valence-electron chi connectivity index (χ2n) is 9.36. The first-order valence-electron chi connectivity index (χ1n) is 12.6. The van der Waals surface area contributed by atoms with Crippen molar-refractivity contribution >= 4 is 12.1 Å². The Morgan fingerprint density at radius 2 is 1.40 bits per heavy atom. The molecule has 1 aliphatic rings. The number of carbonyl (C=O) groups is 2. The van der Waals surface area contributed by atoms with Gasteiger partial charge in [-0.25, -0.2) is 9.59 Å². The minimum Gasteiger partial charge on any atom is -0.464 e. The van der Waals surface area contributed by atoms with E-state index in [1.165, 1.54) is 57.8 Å². The Morgan fingerprint density at radius 1 is 0.833 bits per heavy atom. The first-order chi connectivity index (χ1) is 14.5. The minimum absolute atomic E-state index is 0.158. The highest BCUT2D eigenvalue weighted by Gasteiger charge is 2.32. The average molecular weight is 426 g/mol. The van der Waals surface area contributed by atoms with Crippen LogP contribution in [0.1, 0.15) is 117 Å². The van der Waals surface area contributed by atoms with E-state index in [-0.39, 0.29) is 17.8 Å². The summed E-state index contributed by atoms with van der Waals surface area (Å²) < 4.78 is 10.8. The van der Waals surface area contributed by atoms with Gasteiger partial charge in [0.2, 0.25) is 0 Å². The molecule has 1 unspecified atom stereocenters. The number of unbranched alkanes of at least 4 members (excludes halogenated alkanes) is 9. The molecular formula is C25H47NO4. The van der Waals surface area contributed by atoms with Crippen LogP contribution in [0.25, 0.3) is 0 Å². The van der Waals surface area contributed by atoms with Gasteiger partial charge in [-0.05, 0) is 31.1 Å². The van der Waals surface area contributed by atoms with Gasteiger partial charge in [-0.15, -0.1) is 0 Å². The van der Waals surface area contributed by atoms with E-state index in [9.17, 15) is 9.59 Å². The van der Waals surface area contributed by atoms with Crippen molar-refractivity contribution in [3.05, 3.63) is 0 Å². The quantitative estimate of drug-likeness (QED) is 0.219. The molecule has 1 fully saturated rings. The second kappa shape index (κ2) is 17.4. The average Bonchev–Trinajstić information content (AvgIpc) is 2.74. The predicted molar refractivity (Wildman–Crippen MR) is 122 cm³/mol. The zero-order chi connectivity index (χ0) is 22.0. The van der Waals surface area contributed by atoms with Crippen LogP contribution in [-0.2, 0) is 14.3 Å². The molecule has 0 aliphatic heterocycles. The summed E-state index contributed by atoms with van der Waals surface area (Å²) in [5.41, 5.74) is 0. The number of nitrogens with one attached hydrogen (secondary N) is 1. The van der Waals surface area contributed by atoms with Gasteiger partial charge in [0.05, 0.1) is 13.2 Å². The van der Waals surface area contributed by atoms with Crippen LogP contribution in [-0.4, -0.2) is 31.3 Å². The van der Waals surface area contributed by atoms with Crippen molar-refractivity contribution in [1.82, 2.24) is 5.32 Å². The van der Waals surface area contributed by atoms with Gasteiger partial charge in [-0.2, -0.15) is 0 Å². The number of hydrogen-bond acceptors (Lipinski definition) is 4. The summed E-state index contributed by atoms with van der Waals surface area (Å²) in [7, 11) is 0. The highest BCUT2D eigenvalue weighted by Crippen LogP contribution is 2.27. The van der Waals surface area contributed by atoms with Crippen LogP contribution in [0, 0.1) is 11.8 Å². The molecule has 1 amide bonds. The van der Waals surface area contributed by atoms with Gasteiger partial charge >= 0.3 is 12.1 Å². The summed E-state index contributed by atoms with van der Waals surface area (Å²) in [4.78, 5) is 24.8. The molecule has 30 heavy (non-hydrogen) atoms. The van der Waals surface area contributed by atoms with Gasteiger partial charge in [0.15, 0.2) is 0 Å². The third-order valence-electron chi connectivity index (χ3n) is 5.94. The smallest absolute Gasteiger partial charge is 0.407 e. The van der Waals surface area contributed by atoms with Gasteiger partial charge in [0.1, 0.15) is 6.04 Å². The SMILES string of the molecule is CCCCCCCCCCCCOC(=O)C(NC(=O)OCC(C)C)C1CCCCC1. The molecule has 0 aromatic carbocycles. The summed E-state index contributed by atoms with van der Waals surface area (Å²) in [6, 6.07) is -0.576. The Morgan fingerprint density at radius 3 is 1.97 bits per heavy atom. The molecule has 5 nitrogen and oxygen atoms in total. The maximum absolute atomic E-state index is 12.7. The van der Waals surface area contributed by atoms with Gasteiger partial charge < -0.3 is 14.8 Å². The molecular weight excluding hydrogens is 378 g/mol. The van der Waals surface area contributed by atoms with E-state index in [0.717, 1.165) is 38.5 Å². The number of hydrogen-bond donors (Lipinski definition) is 1. The van der Waals surface area contributed by atoms with Crippen LogP contribution in [0.3, 0.4) is 0 Å². The predicted octanol–water partition coefficient (Wildman–Crippen LogP) is 6.78. The summed E-state index contributed by atoms with van der Waals surface area (Å²) in [6.45, 7) is 7.04. The molecule has 1 aliphatic carbocycles. The monoisotopic (exact) mass is 425 g/mol. The lowest BCUT2D eigenvalue weighted by Gasteiger charge is -2.29. The van der Waals surface area contributed by atoms with Crippen molar-refractivity contribution < 1.29 is 19.1 Å².